The van der Waals surface area contributed by atoms with Gasteiger partial charge in [-0.05, 0) is 32.0 Å². The lowest BCUT2D eigenvalue weighted by atomic mass is 10.1. The van der Waals surface area contributed by atoms with Crippen molar-refractivity contribution >= 4 is 21.6 Å². The Bertz CT molecular complexity index is 1310. The number of carbonyl (C=O) groups excluding carboxylic acids is 1. The molecule has 0 bridgehead atoms. The molecule has 0 spiro atoms. The van der Waals surface area contributed by atoms with Crippen LogP contribution in [0.4, 0.5) is 14.5 Å². The van der Waals surface area contributed by atoms with Crippen LogP contribution in [-0.2, 0) is 17.1 Å². The molecular weight excluding hydrogens is 458 g/mol. The monoisotopic (exact) mass is 478 g/mol. The average molecular weight is 478 g/mol. The Morgan fingerprint density at radius 1 is 1.45 bits per heavy atom. The number of rotatable bonds is 3. The molecule has 0 fully saturated rings. The highest BCUT2D eigenvalue weighted by Gasteiger charge is 2.36. The normalized spacial score (nSPS) is 17.9. The number of fused-ring (bicyclic) bond motifs is 1. The molecule has 12 heteroatoms. The van der Waals surface area contributed by atoms with Gasteiger partial charge >= 0.3 is 0 Å². The molecule has 0 saturated heterocycles. The Hall–Kier alpha value is -3.45. The van der Waals surface area contributed by atoms with Crippen LogP contribution in [0.5, 0.6) is 5.75 Å². The summed E-state index contributed by atoms with van der Waals surface area (Å²) in [7, 11) is -2.82. The molecule has 2 aromatic rings. The van der Waals surface area contributed by atoms with E-state index in [4.69, 9.17) is 10.00 Å². The molecule has 1 aromatic heterocycles. The number of halogens is 2. The first kappa shape index (κ1) is 24.2. The number of aryl methyl sites for hydroxylation is 1. The van der Waals surface area contributed by atoms with Crippen molar-refractivity contribution < 1.29 is 31.8 Å². The molecule has 0 radical (unpaired) electrons. The minimum absolute atomic E-state index is 0.111. The highest BCUT2D eigenvalue weighted by Crippen LogP contribution is 2.33. The number of nitriles is 1. The van der Waals surface area contributed by atoms with Crippen molar-refractivity contribution in [3.05, 3.63) is 41.5 Å². The molecular formula is C21H20F2N4O5S. The van der Waals surface area contributed by atoms with Crippen LogP contribution in [0.1, 0.15) is 29.9 Å². The summed E-state index contributed by atoms with van der Waals surface area (Å²) in [4.78, 5) is 12.5. The van der Waals surface area contributed by atoms with Crippen LogP contribution in [0.3, 0.4) is 0 Å². The van der Waals surface area contributed by atoms with Crippen LogP contribution in [0.15, 0.2) is 29.3 Å². The number of anilines is 1. The van der Waals surface area contributed by atoms with E-state index in [0.717, 1.165) is 18.3 Å². The van der Waals surface area contributed by atoms with E-state index in [-0.39, 0.29) is 27.6 Å². The summed E-state index contributed by atoms with van der Waals surface area (Å²) in [6.45, 7) is 1.97. The van der Waals surface area contributed by atoms with Crippen LogP contribution in [0, 0.1) is 29.0 Å². The second kappa shape index (κ2) is 8.83. The Kier molecular flexibility index (Phi) is 6.47. The van der Waals surface area contributed by atoms with Gasteiger partial charge in [-0.2, -0.15) is 5.26 Å². The first-order chi connectivity index (χ1) is 15.3. The van der Waals surface area contributed by atoms with Crippen LogP contribution in [-0.4, -0.2) is 48.4 Å². The third-order valence-corrected chi connectivity index (χ3v) is 6.05. The smallest absolute Gasteiger partial charge is 0.276 e. The molecule has 0 saturated carbocycles. The summed E-state index contributed by atoms with van der Waals surface area (Å²) in [5, 5.41) is 21.6. The van der Waals surface area contributed by atoms with Gasteiger partial charge in [0.25, 0.3) is 5.91 Å². The third kappa shape index (κ3) is 5.31. The molecule has 1 aliphatic heterocycles. The molecule has 3 rings (SSSR count). The van der Waals surface area contributed by atoms with Crippen LogP contribution >= 0.6 is 0 Å². The number of sulfonamides is 1. The number of amides is 1. The summed E-state index contributed by atoms with van der Waals surface area (Å²) in [6.07, 6.45) is -0.420. The maximum atomic E-state index is 13.6. The molecule has 174 valence electrons. The molecule has 1 amide bonds. The molecule has 2 atom stereocenters. The van der Waals surface area contributed by atoms with E-state index >= 15 is 0 Å². The summed E-state index contributed by atoms with van der Waals surface area (Å²) in [5.41, 5.74) is -2.23. The van der Waals surface area contributed by atoms with E-state index in [9.17, 15) is 27.1 Å². The molecule has 1 aliphatic rings. The van der Waals surface area contributed by atoms with Crippen molar-refractivity contribution in [2.45, 2.75) is 36.6 Å². The maximum absolute atomic E-state index is 13.6. The van der Waals surface area contributed by atoms with Gasteiger partial charge in [0, 0.05) is 18.9 Å². The molecule has 1 aromatic carbocycles. The van der Waals surface area contributed by atoms with Crippen LogP contribution in [0.25, 0.3) is 0 Å². The third-order valence-electron chi connectivity index (χ3n) is 4.56. The summed E-state index contributed by atoms with van der Waals surface area (Å²) in [5.74, 6) is 2.64. The van der Waals surface area contributed by atoms with Gasteiger partial charge in [0.05, 0.1) is 11.6 Å². The topological polar surface area (TPSA) is 133 Å². The van der Waals surface area contributed by atoms with Gasteiger partial charge in [0.1, 0.15) is 29.5 Å². The highest BCUT2D eigenvalue weighted by molar-refractivity contribution is 7.89. The SMILES string of the molecule is Cn1cc2c(c1C(=O)Nc1ccc(F)c(C#N)c1)OC[C@@H]([C@H](O)C#CC(C)(C)F)NS2(=O)=O. The number of benzene rings is 1. The fraction of sp³-hybridized carbons (Fsp3) is 0.333. The zero-order chi connectivity index (χ0) is 24.6. The molecule has 2 heterocycles. The zero-order valence-corrected chi connectivity index (χ0v) is 18.6. The Balaban J connectivity index is 1.92. The molecule has 33 heavy (non-hydrogen) atoms. The first-order valence-corrected chi connectivity index (χ1v) is 11.1. The van der Waals surface area contributed by atoms with Crippen LogP contribution in [0.2, 0.25) is 0 Å². The van der Waals surface area contributed by atoms with E-state index < -0.39 is 46.2 Å². The van der Waals surface area contributed by atoms with Crippen molar-refractivity contribution in [1.82, 2.24) is 9.29 Å². The number of aliphatic hydroxyl groups excluding tert-OH is 1. The van der Waals surface area contributed by atoms with Gasteiger partial charge in [-0.25, -0.2) is 21.9 Å². The fourth-order valence-electron chi connectivity index (χ4n) is 3.02. The van der Waals surface area contributed by atoms with Crippen LogP contribution < -0.4 is 14.8 Å². The number of nitrogens with one attached hydrogen (secondary N) is 2. The van der Waals surface area contributed by atoms with Gasteiger partial charge in [0.2, 0.25) is 10.0 Å². The largest absolute Gasteiger partial charge is 0.488 e. The predicted molar refractivity (Wildman–Crippen MR) is 113 cm³/mol. The zero-order valence-electron chi connectivity index (χ0n) is 17.8. The van der Waals surface area contributed by atoms with E-state index in [1.165, 1.54) is 31.5 Å². The minimum Gasteiger partial charge on any atom is -0.488 e. The van der Waals surface area contributed by atoms with Crippen molar-refractivity contribution in [3.63, 3.8) is 0 Å². The quantitative estimate of drug-likeness (QED) is 0.572. The van der Waals surface area contributed by atoms with Crippen molar-refractivity contribution in [3.8, 4) is 23.7 Å². The van der Waals surface area contributed by atoms with Crippen molar-refractivity contribution in [1.29, 1.82) is 5.26 Å². The molecule has 3 N–H and O–H groups in total. The second-order valence-corrected chi connectivity index (χ2v) is 9.45. The lowest BCUT2D eigenvalue weighted by molar-refractivity contribution is 0.101. The second-order valence-electron chi connectivity index (χ2n) is 7.77. The number of alkyl halides is 1. The molecule has 0 unspecified atom stereocenters. The number of hydrogen-bond acceptors (Lipinski definition) is 6. The van der Waals surface area contributed by atoms with Crippen molar-refractivity contribution in [2.75, 3.05) is 11.9 Å². The molecule has 9 nitrogen and oxygen atoms in total. The number of carbonyl (C=O) groups is 1. The number of hydrogen-bond donors (Lipinski definition) is 3. The Morgan fingerprint density at radius 3 is 2.79 bits per heavy atom. The Morgan fingerprint density at radius 2 is 2.15 bits per heavy atom. The highest BCUT2D eigenvalue weighted by atomic mass is 32.2. The number of aliphatic hydroxyl groups is 1. The van der Waals surface area contributed by atoms with Gasteiger partial charge in [-0.15, -0.1) is 0 Å². The average Bonchev–Trinajstić information content (AvgIpc) is 3.00. The van der Waals surface area contributed by atoms with E-state index in [1.807, 2.05) is 0 Å². The molecule has 0 aliphatic carbocycles. The van der Waals surface area contributed by atoms with Gasteiger partial charge < -0.3 is 19.7 Å². The minimum atomic E-state index is -4.24. The summed E-state index contributed by atoms with van der Waals surface area (Å²) >= 11 is 0. The van der Waals surface area contributed by atoms with Gasteiger partial charge in [-0.3, -0.25) is 4.79 Å². The number of nitrogens with zero attached hydrogens (tertiary/aromatic N) is 2. The maximum Gasteiger partial charge on any atom is 0.276 e. The number of aromatic nitrogens is 1. The van der Waals surface area contributed by atoms with E-state index in [1.54, 1.807) is 6.07 Å². The van der Waals surface area contributed by atoms with Gasteiger partial charge in [0.15, 0.2) is 17.1 Å². The summed E-state index contributed by atoms with van der Waals surface area (Å²) < 4.78 is 61.9. The lowest BCUT2D eigenvalue weighted by Crippen LogP contribution is -2.45. The summed E-state index contributed by atoms with van der Waals surface area (Å²) in [6, 6.07) is 3.81. The fourth-order valence-corrected chi connectivity index (χ4v) is 4.44. The first-order valence-electron chi connectivity index (χ1n) is 9.57. The predicted octanol–water partition coefficient (Wildman–Crippen LogP) is 1.44. The Labute approximate surface area is 189 Å². The van der Waals surface area contributed by atoms with E-state index in [0.29, 0.717) is 0 Å². The van der Waals surface area contributed by atoms with Gasteiger partial charge in [-0.1, -0.05) is 11.8 Å². The number of ether oxygens (including phenoxy) is 1. The van der Waals surface area contributed by atoms with Crippen molar-refractivity contribution in [2.24, 2.45) is 7.05 Å². The van der Waals surface area contributed by atoms with E-state index in [2.05, 4.69) is 21.9 Å². The standard InChI is InChI=1S/C21H20F2N4O5S/c1-21(2,23)7-6-16(28)15-11-32-19-17(33(30,31)26-15)10-27(3)18(19)20(29)25-13-4-5-14(22)12(8-13)9-24/h4-5,8,10,15-16,26,28H,11H2,1-3H3,(H,25,29)/t15-,16+/m0/s1. The lowest BCUT2D eigenvalue weighted by Gasteiger charge is -2.18.